The normalized spacial score (nSPS) is 12.0. The van der Waals surface area contributed by atoms with Crippen molar-refractivity contribution in [2.75, 3.05) is 5.32 Å². The number of hydrogen-bond acceptors (Lipinski definition) is 6. The fourth-order valence-corrected chi connectivity index (χ4v) is 3.71. The highest BCUT2D eigenvalue weighted by atomic mass is 32.2. The number of aromatic nitrogens is 4. The highest BCUT2D eigenvalue weighted by molar-refractivity contribution is 8.00. The number of nitrogens with zero attached hydrogens (tertiary/aromatic N) is 5. The molecule has 0 aliphatic heterocycles. The van der Waals surface area contributed by atoms with Gasteiger partial charge in [-0.15, -0.1) is 5.10 Å². The zero-order chi connectivity index (χ0) is 19.7. The predicted molar refractivity (Wildman–Crippen MR) is 108 cm³/mol. The number of para-hydroxylation sites is 2. The number of benzene rings is 2. The number of carbonyl (C=O) groups is 1. The second-order valence-electron chi connectivity index (χ2n) is 6.21. The molecule has 138 valence electrons. The average molecular weight is 388 g/mol. The van der Waals surface area contributed by atoms with Crippen LogP contribution in [0.25, 0.3) is 16.6 Å². The lowest BCUT2D eigenvalue weighted by Crippen LogP contribution is -2.23. The molecule has 4 rings (SSSR count). The maximum absolute atomic E-state index is 12.7. The summed E-state index contributed by atoms with van der Waals surface area (Å²) in [5.41, 5.74) is 2.43. The van der Waals surface area contributed by atoms with Gasteiger partial charge in [-0.25, -0.2) is 9.97 Å². The molecular formula is C20H16N6OS. The van der Waals surface area contributed by atoms with Gasteiger partial charge in [-0.2, -0.15) is 9.78 Å². The highest BCUT2D eigenvalue weighted by Crippen LogP contribution is 2.27. The van der Waals surface area contributed by atoms with Gasteiger partial charge in [-0.05, 0) is 38.1 Å². The fourth-order valence-electron chi connectivity index (χ4n) is 2.85. The molecule has 28 heavy (non-hydrogen) atoms. The Morgan fingerprint density at radius 1 is 1.18 bits per heavy atom. The van der Waals surface area contributed by atoms with E-state index in [-0.39, 0.29) is 5.91 Å². The molecule has 4 aromatic rings. The van der Waals surface area contributed by atoms with Crippen LogP contribution in [0, 0.1) is 18.3 Å². The van der Waals surface area contributed by atoms with Crippen LogP contribution < -0.4 is 5.32 Å². The number of thioether (sulfide) groups is 1. The van der Waals surface area contributed by atoms with Crippen molar-refractivity contribution in [3.05, 3.63) is 59.9 Å². The summed E-state index contributed by atoms with van der Waals surface area (Å²) in [5.74, 6) is 0.424. The number of aryl methyl sites for hydroxylation is 1. The topological polar surface area (TPSA) is 96.0 Å². The van der Waals surface area contributed by atoms with Crippen LogP contribution in [0.3, 0.4) is 0 Å². The summed E-state index contributed by atoms with van der Waals surface area (Å²) in [4.78, 5) is 21.9. The molecule has 2 aromatic carbocycles. The number of nitrogens with one attached hydrogen (secondary N) is 1. The Kier molecular flexibility index (Phi) is 4.67. The van der Waals surface area contributed by atoms with E-state index in [4.69, 9.17) is 0 Å². The lowest BCUT2D eigenvalue weighted by atomic mass is 10.2. The summed E-state index contributed by atoms with van der Waals surface area (Å²) in [6.45, 7) is 3.62. The second-order valence-corrected chi connectivity index (χ2v) is 7.52. The van der Waals surface area contributed by atoms with Crippen molar-refractivity contribution < 1.29 is 4.79 Å². The Bertz CT molecular complexity index is 1240. The first kappa shape index (κ1) is 17.9. The van der Waals surface area contributed by atoms with Gasteiger partial charge in [0.1, 0.15) is 11.9 Å². The van der Waals surface area contributed by atoms with E-state index in [1.54, 1.807) is 35.7 Å². The monoisotopic (exact) mass is 388 g/mol. The van der Waals surface area contributed by atoms with Crippen molar-refractivity contribution >= 4 is 39.9 Å². The lowest BCUT2D eigenvalue weighted by molar-refractivity contribution is -0.115. The number of anilines is 1. The minimum Gasteiger partial charge on any atom is -0.324 e. The van der Waals surface area contributed by atoms with Gasteiger partial charge in [-0.3, -0.25) is 4.79 Å². The molecule has 0 fully saturated rings. The summed E-state index contributed by atoms with van der Waals surface area (Å²) < 4.78 is 1.68. The van der Waals surface area contributed by atoms with Crippen LogP contribution in [0.2, 0.25) is 0 Å². The number of hydrogen-bond donors (Lipinski definition) is 1. The van der Waals surface area contributed by atoms with E-state index in [0.29, 0.717) is 27.9 Å². The SMILES string of the molecule is Cc1nc2c3ccccc3nc(SC(C)C(=O)Nc3ccccc3C#N)n2n1. The Balaban J connectivity index is 1.65. The third-order valence-electron chi connectivity index (χ3n) is 4.21. The first-order valence-corrected chi connectivity index (χ1v) is 9.53. The van der Waals surface area contributed by atoms with Crippen molar-refractivity contribution in [2.45, 2.75) is 24.3 Å². The Labute approximate surface area is 165 Å². The van der Waals surface area contributed by atoms with Gasteiger partial charge in [0.25, 0.3) is 0 Å². The number of amides is 1. The maximum Gasteiger partial charge on any atom is 0.237 e. The van der Waals surface area contributed by atoms with Crippen molar-refractivity contribution in [2.24, 2.45) is 0 Å². The Morgan fingerprint density at radius 3 is 2.75 bits per heavy atom. The van der Waals surface area contributed by atoms with Crippen molar-refractivity contribution in [3.8, 4) is 6.07 Å². The van der Waals surface area contributed by atoms with Crippen molar-refractivity contribution in [1.82, 2.24) is 19.6 Å². The van der Waals surface area contributed by atoms with Crippen LogP contribution in [0.15, 0.2) is 53.7 Å². The minimum absolute atomic E-state index is 0.215. The first-order chi connectivity index (χ1) is 13.6. The van der Waals surface area contributed by atoms with E-state index < -0.39 is 5.25 Å². The quantitative estimate of drug-likeness (QED) is 0.424. The van der Waals surface area contributed by atoms with Gasteiger partial charge >= 0.3 is 0 Å². The van der Waals surface area contributed by atoms with Gasteiger partial charge in [0.2, 0.25) is 5.91 Å². The van der Waals surface area contributed by atoms with E-state index in [0.717, 1.165) is 10.9 Å². The number of carbonyl (C=O) groups excluding carboxylic acids is 1. The van der Waals surface area contributed by atoms with Crippen molar-refractivity contribution in [1.29, 1.82) is 5.26 Å². The van der Waals surface area contributed by atoms with Crippen LogP contribution in [0.5, 0.6) is 0 Å². The van der Waals surface area contributed by atoms with Crippen LogP contribution in [-0.2, 0) is 4.79 Å². The van der Waals surface area contributed by atoms with Gasteiger partial charge < -0.3 is 5.32 Å². The van der Waals surface area contributed by atoms with E-state index in [1.807, 2.05) is 31.2 Å². The molecule has 0 bridgehead atoms. The molecule has 0 radical (unpaired) electrons. The van der Waals surface area contributed by atoms with Gasteiger partial charge in [0, 0.05) is 5.39 Å². The zero-order valence-corrected chi connectivity index (χ0v) is 16.1. The molecule has 1 amide bonds. The standard InChI is InChI=1S/C20H16N6OS/c1-12(19(27)23-16-9-5-3-7-14(16)11-21)28-20-24-17-10-6-4-8-15(17)18-22-13(2)25-26(18)20/h3-10,12H,1-2H3,(H,23,27). The summed E-state index contributed by atoms with van der Waals surface area (Å²) in [5, 5.41) is 17.5. The van der Waals surface area contributed by atoms with Gasteiger partial charge in [0.15, 0.2) is 10.8 Å². The molecule has 2 aromatic heterocycles. The summed E-state index contributed by atoms with van der Waals surface area (Å²) in [7, 11) is 0. The van der Waals surface area contributed by atoms with Crippen LogP contribution in [0.1, 0.15) is 18.3 Å². The molecule has 7 nitrogen and oxygen atoms in total. The van der Waals surface area contributed by atoms with Gasteiger partial charge in [0.05, 0.1) is 22.0 Å². The Hall–Kier alpha value is -3.44. The smallest absolute Gasteiger partial charge is 0.237 e. The average Bonchev–Trinajstić information content (AvgIpc) is 3.10. The molecule has 8 heteroatoms. The molecule has 0 saturated heterocycles. The molecule has 0 spiro atoms. The fraction of sp³-hybridized carbons (Fsp3) is 0.150. The van der Waals surface area contributed by atoms with E-state index in [1.165, 1.54) is 11.8 Å². The molecule has 0 saturated carbocycles. The Morgan fingerprint density at radius 2 is 1.93 bits per heavy atom. The molecule has 1 atom stereocenters. The maximum atomic E-state index is 12.7. The second kappa shape index (κ2) is 7.29. The summed E-state index contributed by atoms with van der Waals surface area (Å²) in [6, 6.07) is 16.7. The molecule has 2 heterocycles. The highest BCUT2D eigenvalue weighted by Gasteiger charge is 2.20. The number of rotatable bonds is 4. The number of fused-ring (bicyclic) bond motifs is 3. The van der Waals surface area contributed by atoms with E-state index >= 15 is 0 Å². The first-order valence-electron chi connectivity index (χ1n) is 8.65. The van der Waals surface area contributed by atoms with E-state index in [9.17, 15) is 10.1 Å². The van der Waals surface area contributed by atoms with Crippen LogP contribution in [-0.4, -0.2) is 30.7 Å². The van der Waals surface area contributed by atoms with Gasteiger partial charge in [-0.1, -0.05) is 36.0 Å². The molecule has 1 unspecified atom stereocenters. The van der Waals surface area contributed by atoms with Crippen LogP contribution in [0.4, 0.5) is 5.69 Å². The summed E-state index contributed by atoms with van der Waals surface area (Å²) >= 11 is 1.30. The largest absolute Gasteiger partial charge is 0.324 e. The summed E-state index contributed by atoms with van der Waals surface area (Å²) in [6.07, 6.45) is 0. The zero-order valence-electron chi connectivity index (χ0n) is 15.2. The lowest BCUT2D eigenvalue weighted by Gasteiger charge is -2.13. The van der Waals surface area contributed by atoms with E-state index in [2.05, 4.69) is 26.5 Å². The molecule has 0 aliphatic rings. The number of nitriles is 1. The van der Waals surface area contributed by atoms with Crippen LogP contribution >= 0.6 is 11.8 Å². The predicted octanol–water partition coefficient (Wildman–Crippen LogP) is 3.58. The third kappa shape index (κ3) is 3.28. The molecular weight excluding hydrogens is 372 g/mol. The molecule has 0 aliphatic carbocycles. The third-order valence-corrected chi connectivity index (χ3v) is 5.25. The van der Waals surface area contributed by atoms with Crippen molar-refractivity contribution in [3.63, 3.8) is 0 Å². The minimum atomic E-state index is -0.451. The molecule has 1 N–H and O–H groups in total.